The van der Waals surface area contributed by atoms with Gasteiger partial charge < -0.3 is 4.74 Å². The van der Waals surface area contributed by atoms with E-state index in [0.29, 0.717) is 5.88 Å². The second kappa shape index (κ2) is 6.06. The molecule has 0 amide bonds. The fraction of sp³-hybridized carbons (Fsp3) is 0.0769. The van der Waals surface area contributed by atoms with Crippen molar-refractivity contribution in [2.24, 2.45) is 0 Å². The number of aromatic nitrogens is 2. The Hall–Kier alpha value is -1.81. The highest BCUT2D eigenvalue weighted by Gasteiger charge is 2.00. The number of nitrogens with zero attached hydrogens (tertiary/aromatic N) is 2. The molecule has 86 valence electrons. The first-order chi connectivity index (χ1) is 8.38. The Kier molecular flexibility index (Phi) is 4.16. The van der Waals surface area contributed by atoms with Gasteiger partial charge in [0.25, 0.3) is 0 Å². The van der Waals surface area contributed by atoms with E-state index in [9.17, 15) is 0 Å². The van der Waals surface area contributed by atoms with Gasteiger partial charge in [0.15, 0.2) is 0 Å². The molecule has 0 N–H and O–H groups in total. The van der Waals surface area contributed by atoms with Crippen molar-refractivity contribution in [3.8, 4) is 11.6 Å². The quantitative estimate of drug-likeness (QED) is 0.595. The average Bonchev–Trinajstić information content (AvgIpc) is 2.39. The van der Waals surface area contributed by atoms with Crippen LogP contribution in [0.2, 0.25) is 0 Å². The van der Waals surface area contributed by atoms with Gasteiger partial charge in [-0.3, -0.25) is 0 Å². The second-order valence-electron chi connectivity index (χ2n) is 3.22. The van der Waals surface area contributed by atoms with Crippen LogP contribution in [0.3, 0.4) is 0 Å². The van der Waals surface area contributed by atoms with E-state index in [1.807, 2.05) is 48.5 Å². The Labute approximate surface area is 105 Å². The van der Waals surface area contributed by atoms with E-state index in [1.165, 1.54) is 0 Å². The summed E-state index contributed by atoms with van der Waals surface area (Å²) in [4.78, 5) is 0. The summed E-state index contributed by atoms with van der Waals surface area (Å²) in [6.45, 7) is 3.66. The lowest BCUT2D eigenvalue weighted by Crippen LogP contribution is -1.91. The van der Waals surface area contributed by atoms with Crippen LogP contribution >= 0.6 is 11.8 Å². The number of thioether (sulfide) groups is 1. The molecule has 0 aliphatic heterocycles. The molecule has 2 aromatic rings. The van der Waals surface area contributed by atoms with Gasteiger partial charge >= 0.3 is 0 Å². The molecule has 0 aliphatic carbocycles. The Morgan fingerprint density at radius 1 is 1.12 bits per heavy atom. The lowest BCUT2D eigenvalue weighted by atomic mass is 10.3. The zero-order valence-electron chi connectivity index (χ0n) is 9.24. The molecule has 1 aromatic heterocycles. The van der Waals surface area contributed by atoms with Gasteiger partial charge in [-0.25, -0.2) is 0 Å². The van der Waals surface area contributed by atoms with Crippen molar-refractivity contribution in [1.82, 2.24) is 10.2 Å². The normalized spacial score (nSPS) is 9.88. The molecule has 1 aromatic carbocycles. The third-order valence-electron chi connectivity index (χ3n) is 1.93. The summed E-state index contributed by atoms with van der Waals surface area (Å²) in [7, 11) is 0. The Bertz CT molecular complexity index is 471. The van der Waals surface area contributed by atoms with Crippen LogP contribution in [0.25, 0.3) is 0 Å². The lowest BCUT2D eigenvalue weighted by Gasteiger charge is -2.03. The standard InChI is InChI=1S/C13H12N2OS/c1-2-10-17-13-9-8-12(14-15-13)16-11-6-4-3-5-7-11/h2-9H,1,10H2. The van der Waals surface area contributed by atoms with Crippen LogP contribution in [-0.4, -0.2) is 16.0 Å². The van der Waals surface area contributed by atoms with Crippen molar-refractivity contribution in [2.45, 2.75) is 5.03 Å². The van der Waals surface area contributed by atoms with Crippen LogP contribution in [0.15, 0.2) is 60.1 Å². The summed E-state index contributed by atoms with van der Waals surface area (Å²) >= 11 is 1.59. The minimum absolute atomic E-state index is 0.499. The molecule has 0 saturated heterocycles. The lowest BCUT2D eigenvalue weighted by molar-refractivity contribution is 0.452. The Morgan fingerprint density at radius 2 is 1.94 bits per heavy atom. The fourth-order valence-electron chi connectivity index (χ4n) is 1.19. The highest BCUT2D eigenvalue weighted by Crippen LogP contribution is 2.20. The number of ether oxygens (including phenoxy) is 1. The molecular weight excluding hydrogens is 232 g/mol. The van der Waals surface area contributed by atoms with Gasteiger partial charge in [-0.05, 0) is 18.2 Å². The van der Waals surface area contributed by atoms with E-state index in [0.717, 1.165) is 16.5 Å². The summed E-state index contributed by atoms with van der Waals surface area (Å²) in [6.07, 6.45) is 1.83. The van der Waals surface area contributed by atoms with Crippen molar-refractivity contribution in [3.05, 3.63) is 55.1 Å². The van der Waals surface area contributed by atoms with Gasteiger partial charge in [0.05, 0.1) is 0 Å². The number of benzene rings is 1. The number of hydrogen-bond donors (Lipinski definition) is 0. The van der Waals surface area contributed by atoms with Gasteiger partial charge in [-0.15, -0.1) is 28.5 Å². The third-order valence-corrected chi connectivity index (χ3v) is 2.85. The van der Waals surface area contributed by atoms with Crippen molar-refractivity contribution in [3.63, 3.8) is 0 Å². The van der Waals surface area contributed by atoms with E-state index in [1.54, 1.807) is 11.8 Å². The molecule has 0 fully saturated rings. The minimum atomic E-state index is 0.499. The van der Waals surface area contributed by atoms with Gasteiger partial charge in [0.2, 0.25) is 5.88 Å². The second-order valence-corrected chi connectivity index (χ2v) is 4.26. The fourth-order valence-corrected chi connectivity index (χ4v) is 1.74. The van der Waals surface area contributed by atoms with Gasteiger partial charge in [-0.2, -0.15) is 0 Å². The largest absolute Gasteiger partial charge is 0.438 e. The van der Waals surface area contributed by atoms with Crippen molar-refractivity contribution in [2.75, 3.05) is 5.75 Å². The van der Waals surface area contributed by atoms with Crippen molar-refractivity contribution in [1.29, 1.82) is 0 Å². The summed E-state index contributed by atoms with van der Waals surface area (Å²) in [5.41, 5.74) is 0. The molecule has 2 rings (SSSR count). The van der Waals surface area contributed by atoms with Crippen LogP contribution in [0, 0.1) is 0 Å². The van der Waals surface area contributed by atoms with E-state index in [4.69, 9.17) is 4.74 Å². The smallest absolute Gasteiger partial charge is 0.238 e. The number of hydrogen-bond acceptors (Lipinski definition) is 4. The van der Waals surface area contributed by atoms with Gasteiger partial charge in [0.1, 0.15) is 10.8 Å². The monoisotopic (exact) mass is 244 g/mol. The Balaban J connectivity index is 2.01. The van der Waals surface area contributed by atoms with Crippen LogP contribution in [0.1, 0.15) is 0 Å². The molecule has 0 aliphatic rings. The molecule has 4 heteroatoms. The number of para-hydroxylation sites is 1. The molecule has 17 heavy (non-hydrogen) atoms. The molecule has 3 nitrogen and oxygen atoms in total. The van der Waals surface area contributed by atoms with E-state index in [-0.39, 0.29) is 0 Å². The van der Waals surface area contributed by atoms with Crippen LogP contribution in [0.5, 0.6) is 11.6 Å². The van der Waals surface area contributed by atoms with Crippen molar-refractivity contribution >= 4 is 11.8 Å². The molecule has 0 radical (unpaired) electrons. The summed E-state index contributed by atoms with van der Waals surface area (Å²) < 4.78 is 5.53. The molecule has 0 atom stereocenters. The number of rotatable bonds is 5. The van der Waals surface area contributed by atoms with Gasteiger partial charge in [0, 0.05) is 11.8 Å². The zero-order valence-corrected chi connectivity index (χ0v) is 10.1. The first kappa shape index (κ1) is 11.7. The molecule has 0 spiro atoms. The van der Waals surface area contributed by atoms with Gasteiger partial charge in [-0.1, -0.05) is 24.3 Å². The molecule has 0 bridgehead atoms. The van der Waals surface area contributed by atoms with E-state index >= 15 is 0 Å². The maximum atomic E-state index is 5.53. The van der Waals surface area contributed by atoms with Crippen LogP contribution < -0.4 is 4.74 Å². The topological polar surface area (TPSA) is 35.0 Å². The average molecular weight is 244 g/mol. The molecule has 0 saturated carbocycles. The third kappa shape index (κ3) is 3.60. The zero-order chi connectivity index (χ0) is 11.9. The molecular formula is C13H12N2OS. The van der Waals surface area contributed by atoms with Crippen LogP contribution in [0.4, 0.5) is 0 Å². The predicted octanol–water partition coefficient (Wildman–Crippen LogP) is 3.55. The highest BCUT2D eigenvalue weighted by molar-refractivity contribution is 7.99. The van der Waals surface area contributed by atoms with Crippen molar-refractivity contribution < 1.29 is 4.74 Å². The molecule has 1 heterocycles. The SMILES string of the molecule is C=CCSc1ccc(Oc2ccccc2)nn1. The maximum Gasteiger partial charge on any atom is 0.238 e. The molecule has 0 unspecified atom stereocenters. The van der Waals surface area contributed by atoms with Crippen LogP contribution in [-0.2, 0) is 0 Å². The summed E-state index contributed by atoms with van der Waals surface area (Å²) in [5, 5.41) is 8.92. The van der Waals surface area contributed by atoms with E-state index < -0.39 is 0 Å². The summed E-state index contributed by atoms with van der Waals surface area (Å²) in [5.74, 6) is 2.08. The van der Waals surface area contributed by atoms with E-state index in [2.05, 4.69) is 16.8 Å². The summed E-state index contributed by atoms with van der Waals surface area (Å²) in [6, 6.07) is 13.2. The highest BCUT2D eigenvalue weighted by atomic mass is 32.2. The Morgan fingerprint density at radius 3 is 2.59 bits per heavy atom. The minimum Gasteiger partial charge on any atom is -0.438 e. The maximum absolute atomic E-state index is 5.53. The first-order valence-electron chi connectivity index (χ1n) is 5.19. The first-order valence-corrected chi connectivity index (χ1v) is 6.17. The predicted molar refractivity (Wildman–Crippen MR) is 69.5 cm³/mol.